The summed E-state index contributed by atoms with van der Waals surface area (Å²) in [6.07, 6.45) is 6.09. The molecule has 1 fully saturated rings. The molecule has 0 bridgehead atoms. The Hall–Kier alpha value is -0.150. The van der Waals surface area contributed by atoms with Gasteiger partial charge in [0.25, 0.3) is 0 Å². The molecule has 0 spiro atoms. The van der Waals surface area contributed by atoms with Crippen molar-refractivity contribution in [3.8, 4) is 0 Å². The molecule has 0 aliphatic carbocycles. The minimum Gasteiger partial charge on any atom is -0.393 e. The molecule has 1 heterocycles. The molecule has 0 amide bonds. The highest BCUT2D eigenvalue weighted by Crippen LogP contribution is 2.23. The van der Waals surface area contributed by atoms with Crippen molar-refractivity contribution in [1.82, 2.24) is 4.90 Å². The Bertz CT molecular complexity index is 198. The Labute approximate surface area is 99.2 Å². The fourth-order valence-corrected chi connectivity index (χ4v) is 2.68. The van der Waals surface area contributed by atoms with Gasteiger partial charge in [0.2, 0.25) is 0 Å². The van der Waals surface area contributed by atoms with Crippen molar-refractivity contribution in [1.29, 1.82) is 0 Å². The normalized spacial score (nSPS) is 21.5. The number of likely N-dealkylation sites (tertiary alicyclic amines) is 1. The maximum absolute atomic E-state index is 5.63. The number of rotatable bonds is 5. The Morgan fingerprint density at radius 1 is 1.40 bits per heavy atom. The highest BCUT2D eigenvalue weighted by atomic mass is 32.1. The van der Waals surface area contributed by atoms with E-state index in [4.69, 9.17) is 18.0 Å². The molecule has 0 radical (unpaired) electrons. The summed E-state index contributed by atoms with van der Waals surface area (Å²) < 4.78 is 0. The van der Waals surface area contributed by atoms with Crippen LogP contribution in [-0.4, -0.2) is 29.0 Å². The van der Waals surface area contributed by atoms with Gasteiger partial charge in [-0.2, -0.15) is 0 Å². The molecule has 2 N–H and O–H groups in total. The van der Waals surface area contributed by atoms with Gasteiger partial charge in [0, 0.05) is 12.5 Å². The molecule has 0 aromatic rings. The molecular formula is C12H24N2S. The fourth-order valence-electron chi connectivity index (χ4n) is 2.49. The Balaban J connectivity index is 2.39. The number of hydrogen-bond donors (Lipinski definition) is 1. The summed E-state index contributed by atoms with van der Waals surface area (Å²) in [5, 5.41) is 0. The Morgan fingerprint density at radius 2 is 2.00 bits per heavy atom. The van der Waals surface area contributed by atoms with Crippen molar-refractivity contribution in [2.24, 2.45) is 11.7 Å². The molecule has 1 atom stereocenters. The van der Waals surface area contributed by atoms with E-state index in [0.717, 1.165) is 18.8 Å². The van der Waals surface area contributed by atoms with Gasteiger partial charge in [-0.3, -0.25) is 4.90 Å². The van der Waals surface area contributed by atoms with E-state index >= 15 is 0 Å². The maximum Gasteiger partial charge on any atom is 0.0743 e. The van der Waals surface area contributed by atoms with Crippen LogP contribution < -0.4 is 5.73 Å². The van der Waals surface area contributed by atoms with Crippen molar-refractivity contribution < 1.29 is 0 Å². The van der Waals surface area contributed by atoms with Crippen LogP contribution in [-0.2, 0) is 0 Å². The third-order valence-electron chi connectivity index (χ3n) is 3.65. The van der Waals surface area contributed by atoms with E-state index in [0.29, 0.717) is 11.0 Å². The lowest BCUT2D eigenvalue weighted by molar-refractivity contribution is 0.130. The zero-order valence-corrected chi connectivity index (χ0v) is 10.9. The van der Waals surface area contributed by atoms with Gasteiger partial charge >= 0.3 is 0 Å². The molecular weight excluding hydrogens is 204 g/mol. The van der Waals surface area contributed by atoms with Gasteiger partial charge in [0.15, 0.2) is 0 Å². The smallest absolute Gasteiger partial charge is 0.0743 e. The summed E-state index contributed by atoms with van der Waals surface area (Å²) in [5.41, 5.74) is 5.63. The quantitative estimate of drug-likeness (QED) is 0.733. The van der Waals surface area contributed by atoms with E-state index in [9.17, 15) is 0 Å². The molecule has 3 heteroatoms. The van der Waals surface area contributed by atoms with Crippen molar-refractivity contribution in [2.45, 2.75) is 52.0 Å². The van der Waals surface area contributed by atoms with Crippen LogP contribution in [0.1, 0.15) is 46.0 Å². The van der Waals surface area contributed by atoms with Gasteiger partial charge in [-0.15, -0.1) is 0 Å². The van der Waals surface area contributed by atoms with Crippen LogP contribution in [0.3, 0.4) is 0 Å². The molecule has 88 valence electrons. The van der Waals surface area contributed by atoms with Gasteiger partial charge in [-0.05, 0) is 38.3 Å². The molecule has 0 saturated carbocycles. The molecule has 0 aromatic heterocycles. The number of nitrogens with zero attached hydrogens (tertiary/aromatic N) is 1. The van der Waals surface area contributed by atoms with Gasteiger partial charge in [0.05, 0.1) is 4.99 Å². The summed E-state index contributed by atoms with van der Waals surface area (Å²) in [6, 6.07) is 0.584. The average Bonchev–Trinajstić information content (AvgIpc) is 2.26. The average molecular weight is 228 g/mol. The Kier molecular flexibility index (Phi) is 5.54. The van der Waals surface area contributed by atoms with Gasteiger partial charge in [0.1, 0.15) is 0 Å². The first-order valence-corrected chi connectivity index (χ1v) is 6.60. The van der Waals surface area contributed by atoms with Crippen molar-refractivity contribution in [2.75, 3.05) is 13.1 Å². The molecule has 1 aliphatic heterocycles. The lowest BCUT2D eigenvalue weighted by Crippen LogP contribution is -2.42. The van der Waals surface area contributed by atoms with Crippen molar-refractivity contribution in [3.05, 3.63) is 0 Å². The van der Waals surface area contributed by atoms with E-state index in [2.05, 4.69) is 18.7 Å². The van der Waals surface area contributed by atoms with Crippen LogP contribution in [0, 0.1) is 5.92 Å². The molecule has 1 aliphatic rings. The van der Waals surface area contributed by atoms with E-state index in [1.165, 1.54) is 32.4 Å². The lowest BCUT2D eigenvalue weighted by atomic mass is 9.93. The molecule has 2 nitrogen and oxygen atoms in total. The minimum atomic E-state index is 0.584. The van der Waals surface area contributed by atoms with E-state index in [-0.39, 0.29) is 0 Å². The topological polar surface area (TPSA) is 29.3 Å². The summed E-state index contributed by atoms with van der Waals surface area (Å²) >= 11 is 5.00. The zero-order chi connectivity index (χ0) is 11.3. The van der Waals surface area contributed by atoms with Crippen LogP contribution in [0.15, 0.2) is 0 Å². The second-order valence-electron chi connectivity index (χ2n) is 4.62. The van der Waals surface area contributed by atoms with Gasteiger partial charge < -0.3 is 5.73 Å². The van der Waals surface area contributed by atoms with Gasteiger partial charge in [-0.1, -0.05) is 32.5 Å². The van der Waals surface area contributed by atoms with E-state index in [1.54, 1.807) is 0 Å². The van der Waals surface area contributed by atoms with Crippen LogP contribution in [0.2, 0.25) is 0 Å². The highest BCUT2D eigenvalue weighted by Gasteiger charge is 2.23. The highest BCUT2D eigenvalue weighted by molar-refractivity contribution is 7.80. The van der Waals surface area contributed by atoms with E-state index < -0.39 is 0 Å². The number of nitrogens with two attached hydrogens (primary N) is 1. The number of thiocarbonyl (C=S) groups is 1. The molecule has 0 aromatic carbocycles. The Morgan fingerprint density at radius 3 is 2.40 bits per heavy atom. The van der Waals surface area contributed by atoms with Crippen molar-refractivity contribution >= 4 is 17.2 Å². The van der Waals surface area contributed by atoms with Crippen molar-refractivity contribution in [3.63, 3.8) is 0 Å². The first-order valence-electron chi connectivity index (χ1n) is 6.19. The first kappa shape index (κ1) is 12.9. The SMILES string of the molecule is CCC1CCN(C(CC)CC(N)=S)CC1. The number of hydrogen-bond acceptors (Lipinski definition) is 2. The summed E-state index contributed by atoms with van der Waals surface area (Å²) in [5.74, 6) is 0.948. The summed E-state index contributed by atoms with van der Waals surface area (Å²) in [4.78, 5) is 3.24. The largest absolute Gasteiger partial charge is 0.393 e. The maximum atomic E-state index is 5.63. The fraction of sp³-hybridized carbons (Fsp3) is 0.917. The predicted molar refractivity (Wildman–Crippen MR) is 70.1 cm³/mol. The van der Waals surface area contributed by atoms with Crippen LogP contribution in [0.4, 0.5) is 0 Å². The second kappa shape index (κ2) is 6.44. The summed E-state index contributed by atoms with van der Waals surface area (Å²) in [6.45, 7) is 7.00. The monoisotopic (exact) mass is 228 g/mol. The standard InChI is InChI=1S/C12H24N2S/c1-3-10-5-7-14(8-6-10)11(4-2)9-12(13)15/h10-11H,3-9H2,1-2H3,(H2,13,15). The molecule has 1 saturated heterocycles. The second-order valence-corrected chi connectivity index (χ2v) is 5.14. The third-order valence-corrected chi connectivity index (χ3v) is 3.82. The molecule has 1 unspecified atom stereocenters. The summed E-state index contributed by atoms with van der Waals surface area (Å²) in [7, 11) is 0. The molecule has 15 heavy (non-hydrogen) atoms. The lowest BCUT2D eigenvalue weighted by Gasteiger charge is -2.37. The molecule has 1 rings (SSSR count). The first-order chi connectivity index (χ1) is 7.17. The predicted octanol–water partition coefficient (Wildman–Crippen LogP) is 2.56. The minimum absolute atomic E-state index is 0.584. The number of piperidine rings is 1. The van der Waals surface area contributed by atoms with Crippen LogP contribution in [0.25, 0.3) is 0 Å². The third kappa shape index (κ3) is 4.07. The van der Waals surface area contributed by atoms with E-state index in [1.807, 2.05) is 0 Å². The van der Waals surface area contributed by atoms with Crippen LogP contribution in [0.5, 0.6) is 0 Å². The van der Waals surface area contributed by atoms with Crippen LogP contribution >= 0.6 is 12.2 Å². The zero-order valence-electron chi connectivity index (χ0n) is 10.0. The van der Waals surface area contributed by atoms with Gasteiger partial charge in [-0.25, -0.2) is 0 Å².